The zero-order valence-corrected chi connectivity index (χ0v) is 22.5. The number of anilines is 1. The third-order valence-electron chi connectivity index (χ3n) is 6.93. The standard InChI is InChI=1S/C32H28N4O2S/c1-22-11-20-29(35(22)23-8-4-3-5-9-23)31-30(28-10-6-7-21-33-28)34-32(39)36(31)24-12-14-26(15-13-24)38-27-18-16-25(37-2)17-19-27/h3-21,30-31H,1-2H3,(H,34,39)/t30-,31+/m0/s1. The Morgan fingerprint density at radius 3 is 2.08 bits per heavy atom. The summed E-state index contributed by atoms with van der Waals surface area (Å²) in [6.45, 7) is 2.13. The number of hydrogen-bond acceptors (Lipinski definition) is 4. The van der Waals surface area contributed by atoms with Crippen molar-refractivity contribution in [2.24, 2.45) is 0 Å². The van der Waals surface area contributed by atoms with Gasteiger partial charge < -0.3 is 24.3 Å². The molecular weight excluding hydrogens is 504 g/mol. The van der Waals surface area contributed by atoms with Gasteiger partial charge >= 0.3 is 0 Å². The number of aromatic nitrogens is 2. The zero-order chi connectivity index (χ0) is 26.8. The van der Waals surface area contributed by atoms with Crippen molar-refractivity contribution in [2.45, 2.75) is 19.0 Å². The highest BCUT2D eigenvalue weighted by Crippen LogP contribution is 2.43. The van der Waals surface area contributed by atoms with E-state index in [0.29, 0.717) is 5.11 Å². The lowest BCUT2D eigenvalue weighted by molar-refractivity contribution is 0.413. The maximum atomic E-state index is 6.07. The van der Waals surface area contributed by atoms with Gasteiger partial charge in [0.05, 0.1) is 18.8 Å². The Hall–Kier alpha value is -4.62. The predicted molar refractivity (Wildman–Crippen MR) is 158 cm³/mol. The molecule has 6 nitrogen and oxygen atoms in total. The van der Waals surface area contributed by atoms with E-state index >= 15 is 0 Å². The van der Waals surface area contributed by atoms with Crippen molar-refractivity contribution in [2.75, 3.05) is 12.0 Å². The third-order valence-corrected chi connectivity index (χ3v) is 7.25. The molecule has 5 aromatic rings. The van der Waals surface area contributed by atoms with E-state index in [1.54, 1.807) is 7.11 Å². The summed E-state index contributed by atoms with van der Waals surface area (Å²) in [5, 5.41) is 4.21. The SMILES string of the molecule is COc1ccc(Oc2ccc(N3C(=S)N[C@@H](c4ccccn4)[C@H]3c3ccc(C)n3-c3ccccc3)cc2)cc1. The highest BCUT2D eigenvalue weighted by Gasteiger charge is 2.42. The second-order valence-electron chi connectivity index (χ2n) is 9.34. The van der Waals surface area contributed by atoms with E-state index in [2.05, 4.69) is 58.1 Å². The van der Waals surface area contributed by atoms with Crippen molar-refractivity contribution < 1.29 is 9.47 Å². The molecule has 1 N–H and O–H groups in total. The van der Waals surface area contributed by atoms with Crippen LogP contribution in [0.5, 0.6) is 17.2 Å². The number of pyridine rings is 1. The minimum atomic E-state index is -0.134. The first-order valence-corrected chi connectivity index (χ1v) is 13.2. The molecule has 1 aliphatic rings. The average molecular weight is 533 g/mol. The highest BCUT2D eigenvalue weighted by molar-refractivity contribution is 7.80. The fourth-order valence-electron chi connectivity index (χ4n) is 5.11. The number of ether oxygens (including phenoxy) is 2. The largest absolute Gasteiger partial charge is 0.497 e. The predicted octanol–water partition coefficient (Wildman–Crippen LogP) is 7.16. The molecule has 0 aliphatic carbocycles. The Morgan fingerprint density at radius 1 is 0.744 bits per heavy atom. The van der Waals surface area contributed by atoms with E-state index in [-0.39, 0.29) is 12.1 Å². The topological polar surface area (TPSA) is 51.6 Å². The fourth-order valence-corrected chi connectivity index (χ4v) is 5.45. The fraction of sp³-hybridized carbons (Fsp3) is 0.125. The molecule has 194 valence electrons. The number of nitrogens with one attached hydrogen (secondary N) is 1. The van der Waals surface area contributed by atoms with Gasteiger partial charge in [-0.05, 0) is 104 Å². The first-order chi connectivity index (χ1) is 19.1. The molecule has 0 bridgehead atoms. The van der Waals surface area contributed by atoms with E-state index in [1.165, 1.54) is 0 Å². The molecule has 0 spiro atoms. The second kappa shape index (κ2) is 10.6. The maximum absolute atomic E-state index is 6.07. The van der Waals surface area contributed by atoms with Gasteiger partial charge in [0.15, 0.2) is 5.11 Å². The first kappa shape index (κ1) is 24.7. The van der Waals surface area contributed by atoms with Crippen LogP contribution in [0.15, 0.2) is 115 Å². The Morgan fingerprint density at radius 2 is 1.41 bits per heavy atom. The molecule has 2 aromatic heterocycles. The van der Waals surface area contributed by atoms with Gasteiger partial charge in [0.25, 0.3) is 0 Å². The Kier molecular flexibility index (Phi) is 6.73. The molecule has 3 aromatic carbocycles. The summed E-state index contributed by atoms with van der Waals surface area (Å²) < 4.78 is 13.6. The van der Waals surface area contributed by atoms with Gasteiger partial charge in [-0.2, -0.15) is 0 Å². The molecular formula is C32H28N4O2S. The summed E-state index contributed by atoms with van der Waals surface area (Å²) in [5.41, 5.74) is 5.29. The van der Waals surface area contributed by atoms with Gasteiger partial charge in [-0.25, -0.2) is 0 Å². The van der Waals surface area contributed by atoms with Crippen LogP contribution >= 0.6 is 12.2 Å². The molecule has 2 atom stereocenters. The van der Waals surface area contributed by atoms with Crippen molar-refractivity contribution in [3.63, 3.8) is 0 Å². The van der Waals surface area contributed by atoms with Crippen molar-refractivity contribution >= 4 is 23.0 Å². The molecule has 7 heteroatoms. The summed E-state index contributed by atoms with van der Waals surface area (Å²) >= 11 is 5.94. The highest BCUT2D eigenvalue weighted by atomic mass is 32.1. The van der Waals surface area contributed by atoms with E-state index in [4.69, 9.17) is 26.7 Å². The van der Waals surface area contributed by atoms with Crippen LogP contribution in [0.3, 0.4) is 0 Å². The number of thiocarbonyl (C=S) groups is 1. The van der Waals surface area contributed by atoms with Gasteiger partial charge in [-0.15, -0.1) is 0 Å². The number of para-hydroxylation sites is 1. The van der Waals surface area contributed by atoms with Crippen LogP contribution in [0.1, 0.15) is 29.2 Å². The molecule has 3 heterocycles. The smallest absolute Gasteiger partial charge is 0.174 e. The van der Waals surface area contributed by atoms with E-state index in [9.17, 15) is 0 Å². The Bertz CT molecular complexity index is 1570. The molecule has 39 heavy (non-hydrogen) atoms. The van der Waals surface area contributed by atoms with E-state index < -0.39 is 0 Å². The molecule has 0 saturated carbocycles. The van der Waals surface area contributed by atoms with Crippen LogP contribution in [-0.4, -0.2) is 21.8 Å². The molecule has 6 rings (SSSR count). The van der Waals surface area contributed by atoms with Crippen LogP contribution in [0, 0.1) is 6.92 Å². The number of benzene rings is 3. The number of aryl methyl sites for hydroxylation is 1. The van der Waals surface area contributed by atoms with Crippen LogP contribution < -0.4 is 19.7 Å². The van der Waals surface area contributed by atoms with Crippen LogP contribution in [0.2, 0.25) is 0 Å². The summed E-state index contributed by atoms with van der Waals surface area (Å²) in [4.78, 5) is 6.88. The van der Waals surface area contributed by atoms with Crippen molar-refractivity contribution in [3.8, 4) is 22.9 Å². The molecule has 0 amide bonds. The van der Waals surface area contributed by atoms with Gasteiger partial charge in [0.2, 0.25) is 0 Å². The summed E-state index contributed by atoms with van der Waals surface area (Å²) in [6, 6.07) is 36.0. The van der Waals surface area contributed by atoms with Gasteiger partial charge in [0.1, 0.15) is 23.3 Å². The minimum absolute atomic E-state index is 0.130. The van der Waals surface area contributed by atoms with Gasteiger partial charge in [-0.1, -0.05) is 24.3 Å². The first-order valence-electron chi connectivity index (χ1n) is 12.8. The lowest BCUT2D eigenvalue weighted by Gasteiger charge is -2.29. The minimum Gasteiger partial charge on any atom is -0.497 e. The summed E-state index contributed by atoms with van der Waals surface area (Å²) in [5.74, 6) is 2.27. The van der Waals surface area contributed by atoms with Crippen molar-refractivity contribution in [1.29, 1.82) is 0 Å². The third kappa shape index (κ3) is 4.84. The van der Waals surface area contributed by atoms with E-state index in [0.717, 1.165) is 45.7 Å². The maximum Gasteiger partial charge on any atom is 0.174 e. The molecule has 0 unspecified atom stereocenters. The summed E-state index contributed by atoms with van der Waals surface area (Å²) in [6.07, 6.45) is 1.83. The number of hydrogen-bond donors (Lipinski definition) is 1. The second-order valence-corrected chi connectivity index (χ2v) is 9.73. The van der Waals surface area contributed by atoms with Crippen LogP contribution in [0.4, 0.5) is 5.69 Å². The average Bonchev–Trinajstić information content (AvgIpc) is 3.54. The van der Waals surface area contributed by atoms with E-state index in [1.807, 2.05) is 79.0 Å². The number of rotatable bonds is 7. The molecule has 1 fully saturated rings. The lowest BCUT2D eigenvalue weighted by Crippen LogP contribution is -2.30. The van der Waals surface area contributed by atoms with Gasteiger partial charge in [0, 0.05) is 29.0 Å². The van der Waals surface area contributed by atoms with Crippen molar-refractivity contribution in [1.82, 2.24) is 14.9 Å². The molecule has 1 saturated heterocycles. The van der Waals surface area contributed by atoms with Crippen LogP contribution in [-0.2, 0) is 0 Å². The quantitative estimate of drug-likeness (QED) is 0.225. The Labute approximate surface area is 233 Å². The normalized spacial score (nSPS) is 16.7. The van der Waals surface area contributed by atoms with Crippen LogP contribution in [0.25, 0.3) is 5.69 Å². The molecule has 1 aliphatic heterocycles. The monoisotopic (exact) mass is 532 g/mol. The number of nitrogens with zero attached hydrogens (tertiary/aromatic N) is 3. The molecule has 0 radical (unpaired) electrons. The lowest BCUT2D eigenvalue weighted by atomic mass is 10.0. The van der Waals surface area contributed by atoms with Gasteiger partial charge in [-0.3, -0.25) is 4.98 Å². The van der Waals surface area contributed by atoms with Crippen molar-refractivity contribution in [3.05, 3.63) is 132 Å². The zero-order valence-electron chi connectivity index (χ0n) is 21.7. The number of methoxy groups -OCH3 is 1. The summed E-state index contributed by atoms with van der Waals surface area (Å²) in [7, 11) is 1.65. The Balaban J connectivity index is 1.38.